The number of carbonyl (C=O) groups excluding carboxylic acids is 1. The minimum Gasteiger partial charge on any atom is -0.508 e. The van der Waals surface area contributed by atoms with Crippen LogP contribution in [-0.4, -0.2) is 21.6 Å². The van der Waals surface area contributed by atoms with E-state index in [2.05, 4.69) is 0 Å². The van der Waals surface area contributed by atoms with Gasteiger partial charge in [-0.15, -0.1) is 0 Å². The van der Waals surface area contributed by atoms with Crippen molar-refractivity contribution in [3.8, 4) is 5.75 Å². The van der Waals surface area contributed by atoms with E-state index in [1.54, 1.807) is 0 Å². The molecule has 0 spiro atoms. The minimum absolute atomic E-state index is 0.00957. The van der Waals surface area contributed by atoms with E-state index in [-0.39, 0.29) is 18.8 Å². The van der Waals surface area contributed by atoms with Gasteiger partial charge in [-0.1, -0.05) is 6.07 Å². The Bertz CT molecular complexity index is 322. The topological polar surface area (TPSA) is 77.8 Å². The molecule has 1 atom stereocenters. The standard InChI is InChI=1S/C10H12O4/c11-4-3-10(14)7-1-2-9(13)8(5-7)6-12/h1-2,4-5,10,12-14H,3,6H2. The van der Waals surface area contributed by atoms with Crippen molar-refractivity contribution in [2.45, 2.75) is 19.1 Å². The number of aromatic hydroxyl groups is 1. The number of carbonyl (C=O) groups is 1. The van der Waals surface area contributed by atoms with Crippen LogP contribution in [0.4, 0.5) is 0 Å². The van der Waals surface area contributed by atoms with E-state index in [1.807, 2.05) is 0 Å². The Kier molecular flexibility index (Phi) is 3.62. The summed E-state index contributed by atoms with van der Waals surface area (Å²) >= 11 is 0. The zero-order valence-electron chi connectivity index (χ0n) is 7.55. The first-order chi connectivity index (χ1) is 6.69. The van der Waals surface area contributed by atoms with Gasteiger partial charge in [0.2, 0.25) is 0 Å². The molecule has 0 fully saturated rings. The summed E-state index contributed by atoms with van der Waals surface area (Å²) in [5.41, 5.74) is 0.853. The molecule has 0 aliphatic carbocycles. The second kappa shape index (κ2) is 4.74. The predicted molar refractivity (Wildman–Crippen MR) is 49.7 cm³/mol. The van der Waals surface area contributed by atoms with E-state index in [0.717, 1.165) is 0 Å². The van der Waals surface area contributed by atoms with Gasteiger partial charge in [-0.05, 0) is 17.7 Å². The molecular weight excluding hydrogens is 184 g/mol. The van der Waals surface area contributed by atoms with E-state index < -0.39 is 6.10 Å². The monoisotopic (exact) mass is 196 g/mol. The number of phenols is 1. The third-order valence-electron chi connectivity index (χ3n) is 1.98. The summed E-state index contributed by atoms with van der Waals surface area (Å²) in [6.07, 6.45) is -0.246. The SMILES string of the molecule is O=CCC(O)c1ccc(O)c(CO)c1. The molecule has 1 aromatic carbocycles. The Hall–Kier alpha value is -1.39. The Morgan fingerprint density at radius 2 is 2.14 bits per heavy atom. The largest absolute Gasteiger partial charge is 0.508 e. The van der Waals surface area contributed by atoms with E-state index in [0.29, 0.717) is 17.4 Å². The fourth-order valence-corrected chi connectivity index (χ4v) is 1.17. The Labute approximate surface area is 81.4 Å². The molecule has 1 unspecified atom stereocenters. The quantitative estimate of drug-likeness (QED) is 0.613. The number of aldehydes is 1. The van der Waals surface area contributed by atoms with Crippen LogP contribution >= 0.6 is 0 Å². The zero-order valence-corrected chi connectivity index (χ0v) is 7.55. The average Bonchev–Trinajstić information content (AvgIpc) is 2.19. The van der Waals surface area contributed by atoms with Crippen molar-refractivity contribution in [2.75, 3.05) is 0 Å². The van der Waals surface area contributed by atoms with Crippen LogP contribution in [0.15, 0.2) is 18.2 Å². The highest BCUT2D eigenvalue weighted by Crippen LogP contribution is 2.23. The first-order valence-electron chi connectivity index (χ1n) is 4.23. The lowest BCUT2D eigenvalue weighted by molar-refractivity contribution is -0.109. The van der Waals surface area contributed by atoms with Crippen molar-refractivity contribution >= 4 is 6.29 Å². The van der Waals surface area contributed by atoms with Gasteiger partial charge in [0.15, 0.2) is 0 Å². The molecule has 0 aliphatic heterocycles. The molecule has 3 N–H and O–H groups in total. The van der Waals surface area contributed by atoms with Crippen molar-refractivity contribution in [2.24, 2.45) is 0 Å². The van der Waals surface area contributed by atoms with Crippen LogP contribution in [0.5, 0.6) is 5.75 Å². The van der Waals surface area contributed by atoms with E-state index in [4.69, 9.17) is 5.11 Å². The fraction of sp³-hybridized carbons (Fsp3) is 0.300. The predicted octanol–water partition coefficient (Wildman–Crippen LogP) is 0.507. The number of aliphatic hydroxyl groups excluding tert-OH is 2. The Morgan fingerprint density at radius 1 is 1.43 bits per heavy atom. The van der Waals surface area contributed by atoms with Crippen molar-refractivity contribution in [1.82, 2.24) is 0 Å². The molecule has 1 aromatic rings. The number of benzene rings is 1. The molecule has 0 aliphatic rings. The lowest BCUT2D eigenvalue weighted by Gasteiger charge is -2.09. The number of hydrogen-bond acceptors (Lipinski definition) is 4. The first kappa shape index (κ1) is 10.7. The Morgan fingerprint density at radius 3 is 2.71 bits per heavy atom. The molecule has 0 radical (unpaired) electrons. The third-order valence-corrected chi connectivity index (χ3v) is 1.98. The highest BCUT2D eigenvalue weighted by molar-refractivity contribution is 5.51. The lowest BCUT2D eigenvalue weighted by Crippen LogP contribution is -1.99. The summed E-state index contributed by atoms with van der Waals surface area (Å²) < 4.78 is 0. The molecule has 0 amide bonds. The van der Waals surface area contributed by atoms with Gasteiger partial charge in [0.05, 0.1) is 12.7 Å². The van der Waals surface area contributed by atoms with Crippen LogP contribution < -0.4 is 0 Å². The van der Waals surface area contributed by atoms with Crippen LogP contribution in [-0.2, 0) is 11.4 Å². The van der Waals surface area contributed by atoms with Crippen LogP contribution in [0, 0.1) is 0 Å². The summed E-state index contributed by atoms with van der Waals surface area (Å²) in [6.45, 7) is -0.298. The smallest absolute Gasteiger partial charge is 0.122 e. The van der Waals surface area contributed by atoms with Crippen LogP contribution in [0.2, 0.25) is 0 Å². The van der Waals surface area contributed by atoms with Gasteiger partial charge in [-0.3, -0.25) is 0 Å². The van der Waals surface area contributed by atoms with Gasteiger partial charge < -0.3 is 20.1 Å². The van der Waals surface area contributed by atoms with Crippen molar-refractivity contribution in [3.63, 3.8) is 0 Å². The summed E-state index contributed by atoms with van der Waals surface area (Å²) in [5, 5.41) is 27.5. The van der Waals surface area contributed by atoms with E-state index in [1.165, 1.54) is 18.2 Å². The minimum atomic E-state index is -0.876. The number of hydrogen-bond donors (Lipinski definition) is 3. The highest BCUT2D eigenvalue weighted by Gasteiger charge is 2.09. The summed E-state index contributed by atoms with van der Waals surface area (Å²) in [7, 11) is 0. The van der Waals surface area contributed by atoms with Gasteiger partial charge in [-0.2, -0.15) is 0 Å². The van der Waals surface area contributed by atoms with Gasteiger partial charge >= 0.3 is 0 Å². The zero-order chi connectivity index (χ0) is 10.6. The number of rotatable bonds is 4. The third kappa shape index (κ3) is 2.31. The maximum atomic E-state index is 10.2. The van der Waals surface area contributed by atoms with E-state index >= 15 is 0 Å². The maximum absolute atomic E-state index is 10.2. The van der Waals surface area contributed by atoms with Crippen LogP contribution in [0.3, 0.4) is 0 Å². The molecule has 1 rings (SSSR count). The summed E-state index contributed by atoms with van der Waals surface area (Å²) in [5.74, 6) is -0.0189. The molecule has 0 saturated carbocycles. The molecule has 4 heteroatoms. The van der Waals surface area contributed by atoms with Gasteiger partial charge in [0.1, 0.15) is 12.0 Å². The van der Waals surface area contributed by atoms with Crippen LogP contribution in [0.25, 0.3) is 0 Å². The second-order valence-electron chi connectivity index (χ2n) is 2.96. The molecular formula is C10H12O4. The average molecular weight is 196 g/mol. The molecule has 0 bridgehead atoms. The van der Waals surface area contributed by atoms with E-state index in [9.17, 15) is 15.0 Å². The maximum Gasteiger partial charge on any atom is 0.122 e. The molecule has 0 aromatic heterocycles. The lowest BCUT2D eigenvalue weighted by atomic mass is 10.0. The molecule has 0 heterocycles. The van der Waals surface area contributed by atoms with Gasteiger partial charge in [0.25, 0.3) is 0 Å². The summed E-state index contributed by atoms with van der Waals surface area (Å²) in [4.78, 5) is 10.2. The molecule has 14 heavy (non-hydrogen) atoms. The fourth-order valence-electron chi connectivity index (χ4n) is 1.17. The van der Waals surface area contributed by atoms with Crippen molar-refractivity contribution in [1.29, 1.82) is 0 Å². The van der Waals surface area contributed by atoms with Crippen molar-refractivity contribution < 1.29 is 20.1 Å². The first-order valence-corrected chi connectivity index (χ1v) is 4.23. The van der Waals surface area contributed by atoms with Crippen LogP contribution in [0.1, 0.15) is 23.7 Å². The Balaban J connectivity index is 2.93. The normalized spacial score (nSPS) is 12.4. The van der Waals surface area contributed by atoms with Gasteiger partial charge in [-0.25, -0.2) is 0 Å². The van der Waals surface area contributed by atoms with Crippen molar-refractivity contribution in [3.05, 3.63) is 29.3 Å². The molecule has 0 saturated heterocycles. The highest BCUT2D eigenvalue weighted by atomic mass is 16.3. The molecule has 76 valence electrons. The summed E-state index contributed by atoms with van der Waals surface area (Å²) in [6, 6.07) is 4.38. The number of aliphatic hydroxyl groups is 2. The second-order valence-corrected chi connectivity index (χ2v) is 2.96. The van der Waals surface area contributed by atoms with Gasteiger partial charge in [0, 0.05) is 12.0 Å². The molecule has 4 nitrogen and oxygen atoms in total.